The van der Waals surface area contributed by atoms with Crippen molar-refractivity contribution in [2.75, 3.05) is 12.4 Å². The van der Waals surface area contributed by atoms with Gasteiger partial charge in [-0.2, -0.15) is 11.8 Å². The molecular formula is C17H23ClO2S. The van der Waals surface area contributed by atoms with Crippen LogP contribution in [-0.2, 0) is 0 Å². The maximum absolute atomic E-state index is 12.5. The third-order valence-corrected chi connectivity index (χ3v) is 5.64. The third-order valence-electron chi connectivity index (χ3n) is 3.86. The minimum Gasteiger partial charge on any atom is -0.493 e. The molecule has 1 fully saturated rings. The van der Waals surface area contributed by atoms with Crippen LogP contribution in [0, 0.1) is 6.92 Å². The molecule has 0 saturated heterocycles. The Labute approximate surface area is 136 Å². The minimum atomic E-state index is 0.121. The van der Waals surface area contributed by atoms with Crippen LogP contribution in [0.2, 0.25) is 5.02 Å². The van der Waals surface area contributed by atoms with E-state index in [1.54, 1.807) is 17.8 Å². The minimum absolute atomic E-state index is 0.121. The van der Waals surface area contributed by atoms with Gasteiger partial charge in [-0.1, -0.05) is 30.9 Å². The highest BCUT2D eigenvalue weighted by atomic mass is 35.5. The number of hydrogen-bond acceptors (Lipinski definition) is 3. The van der Waals surface area contributed by atoms with Gasteiger partial charge in [-0.3, -0.25) is 4.79 Å². The molecular weight excluding hydrogens is 304 g/mol. The summed E-state index contributed by atoms with van der Waals surface area (Å²) in [5.41, 5.74) is 1.56. The van der Waals surface area contributed by atoms with Crippen LogP contribution in [0.15, 0.2) is 12.1 Å². The zero-order chi connectivity index (χ0) is 15.2. The van der Waals surface area contributed by atoms with Crippen LogP contribution < -0.4 is 4.74 Å². The Morgan fingerprint density at radius 3 is 2.71 bits per heavy atom. The second-order valence-corrected chi connectivity index (χ2v) is 7.22. The standard InChI is InChI=1S/C17H23ClO2S/c1-3-20-17-9-12(2)15(18)10-14(17)16(19)11-21-13-7-5-4-6-8-13/h9-10,13H,3-8,11H2,1-2H3. The van der Waals surface area contributed by atoms with Gasteiger partial charge in [0, 0.05) is 10.3 Å². The number of Topliss-reactive ketones (excluding diaryl/α,β-unsaturated/α-hetero) is 1. The molecule has 0 spiro atoms. The lowest BCUT2D eigenvalue weighted by atomic mass is 10.0. The molecule has 1 aromatic carbocycles. The number of thioether (sulfide) groups is 1. The predicted octanol–water partition coefficient (Wildman–Crippen LogP) is 5.30. The summed E-state index contributed by atoms with van der Waals surface area (Å²) in [5, 5.41) is 1.27. The molecule has 116 valence electrons. The smallest absolute Gasteiger partial charge is 0.176 e. The first kappa shape index (κ1) is 16.7. The van der Waals surface area contributed by atoms with Crippen molar-refractivity contribution in [2.45, 2.75) is 51.2 Å². The molecule has 4 heteroatoms. The Kier molecular flexibility index (Phi) is 6.43. The molecule has 1 saturated carbocycles. The summed E-state index contributed by atoms with van der Waals surface area (Å²) in [6.07, 6.45) is 6.42. The number of aryl methyl sites for hydroxylation is 1. The van der Waals surface area contributed by atoms with Crippen LogP contribution in [-0.4, -0.2) is 23.4 Å². The number of benzene rings is 1. The SMILES string of the molecule is CCOc1cc(C)c(Cl)cc1C(=O)CSC1CCCCC1. The zero-order valence-electron chi connectivity index (χ0n) is 12.8. The fourth-order valence-electron chi connectivity index (χ4n) is 2.65. The van der Waals surface area contributed by atoms with Crippen LogP contribution in [0.25, 0.3) is 0 Å². The molecule has 0 heterocycles. The van der Waals surface area contributed by atoms with Gasteiger partial charge in [0.25, 0.3) is 0 Å². The Balaban J connectivity index is 2.04. The molecule has 1 aromatic rings. The van der Waals surface area contributed by atoms with Crippen molar-refractivity contribution < 1.29 is 9.53 Å². The van der Waals surface area contributed by atoms with Crippen LogP contribution in [0.5, 0.6) is 5.75 Å². The Morgan fingerprint density at radius 1 is 1.33 bits per heavy atom. The molecule has 0 aromatic heterocycles. The van der Waals surface area contributed by atoms with Crippen LogP contribution >= 0.6 is 23.4 Å². The zero-order valence-corrected chi connectivity index (χ0v) is 14.4. The van der Waals surface area contributed by atoms with E-state index in [1.807, 2.05) is 19.9 Å². The molecule has 0 atom stereocenters. The van der Waals surface area contributed by atoms with E-state index in [2.05, 4.69) is 0 Å². The first-order valence-corrected chi connectivity index (χ1v) is 9.12. The quantitative estimate of drug-likeness (QED) is 0.664. The fourth-order valence-corrected chi connectivity index (χ4v) is 4.02. The highest BCUT2D eigenvalue weighted by Gasteiger charge is 2.19. The molecule has 0 radical (unpaired) electrons. The van der Waals surface area contributed by atoms with E-state index in [0.29, 0.717) is 33.9 Å². The van der Waals surface area contributed by atoms with E-state index in [-0.39, 0.29) is 5.78 Å². The van der Waals surface area contributed by atoms with E-state index in [9.17, 15) is 4.79 Å². The highest BCUT2D eigenvalue weighted by molar-refractivity contribution is 8.00. The molecule has 0 unspecified atom stereocenters. The lowest BCUT2D eigenvalue weighted by molar-refractivity contribution is 0.101. The van der Waals surface area contributed by atoms with Crippen LogP contribution in [0.4, 0.5) is 0 Å². The van der Waals surface area contributed by atoms with Gasteiger partial charge in [-0.05, 0) is 44.4 Å². The van der Waals surface area contributed by atoms with Crippen molar-refractivity contribution in [3.63, 3.8) is 0 Å². The summed E-state index contributed by atoms with van der Waals surface area (Å²) in [5.74, 6) is 1.30. The number of ether oxygens (including phenoxy) is 1. The molecule has 0 N–H and O–H groups in total. The lowest BCUT2D eigenvalue weighted by Crippen LogP contribution is -2.13. The van der Waals surface area contributed by atoms with Gasteiger partial charge in [0.15, 0.2) is 5.78 Å². The summed E-state index contributed by atoms with van der Waals surface area (Å²) in [6.45, 7) is 4.40. The molecule has 1 aliphatic carbocycles. The number of carbonyl (C=O) groups excluding carboxylic acids is 1. The number of hydrogen-bond donors (Lipinski definition) is 0. The Bertz CT molecular complexity index is 496. The van der Waals surface area contributed by atoms with E-state index < -0.39 is 0 Å². The summed E-state index contributed by atoms with van der Waals surface area (Å²) >= 11 is 7.95. The summed E-state index contributed by atoms with van der Waals surface area (Å²) < 4.78 is 5.60. The highest BCUT2D eigenvalue weighted by Crippen LogP contribution is 2.31. The van der Waals surface area contributed by atoms with Gasteiger partial charge in [-0.25, -0.2) is 0 Å². The van der Waals surface area contributed by atoms with E-state index in [1.165, 1.54) is 32.1 Å². The van der Waals surface area contributed by atoms with E-state index in [4.69, 9.17) is 16.3 Å². The van der Waals surface area contributed by atoms with Crippen LogP contribution in [0.1, 0.15) is 54.9 Å². The molecule has 0 bridgehead atoms. The molecule has 0 aliphatic heterocycles. The van der Waals surface area contributed by atoms with Gasteiger partial charge >= 0.3 is 0 Å². The van der Waals surface area contributed by atoms with Crippen molar-refractivity contribution in [1.29, 1.82) is 0 Å². The topological polar surface area (TPSA) is 26.3 Å². The second kappa shape index (κ2) is 8.09. The average Bonchev–Trinajstić information content (AvgIpc) is 2.49. The van der Waals surface area contributed by atoms with Crippen LogP contribution in [0.3, 0.4) is 0 Å². The normalized spacial score (nSPS) is 16.0. The maximum Gasteiger partial charge on any atom is 0.176 e. The molecule has 21 heavy (non-hydrogen) atoms. The van der Waals surface area contributed by atoms with Gasteiger partial charge < -0.3 is 4.74 Å². The average molecular weight is 327 g/mol. The first-order valence-electron chi connectivity index (χ1n) is 7.69. The Morgan fingerprint density at radius 2 is 2.05 bits per heavy atom. The Hall–Kier alpha value is -0.670. The number of carbonyl (C=O) groups is 1. The fraction of sp³-hybridized carbons (Fsp3) is 0.588. The van der Waals surface area contributed by atoms with Gasteiger partial charge in [0.2, 0.25) is 0 Å². The van der Waals surface area contributed by atoms with Crippen molar-refractivity contribution in [1.82, 2.24) is 0 Å². The number of rotatable bonds is 6. The van der Waals surface area contributed by atoms with Crippen molar-refractivity contribution >= 4 is 29.1 Å². The monoisotopic (exact) mass is 326 g/mol. The van der Waals surface area contributed by atoms with E-state index >= 15 is 0 Å². The largest absolute Gasteiger partial charge is 0.493 e. The van der Waals surface area contributed by atoms with Gasteiger partial charge in [0.05, 0.1) is 17.9 Å². The predicted molar refractivity (Wildman–Crippen MR) is 91.0 cm³/mol. The molecule has 2 nitrogen and oxygen atoms in total. The molecule has 2 rings (SSSR count). The van der Waals surface area contributed by atoms with Crippen molar-refractivity contribution in [3.8, 4) is 5.75 Å². The molecule has 1 aliphatic rings. The summed E-state index contributed by atoms with van der Waals surface area (Å²) in [7, 11) is 0. The van der Waals surface area contributed by atoms with Crippen molar-refractivity contribution in [3.05, 3.63) is 28.3 Å². The third kappa shape index (κ3) is 4.65. The first-order chi connectivity index (χ1) is 10.1. The molecule has 0 amide bonds. The maximum atomic E-state index is 12.5. The summed E-state index contributed by atoms with van der Waals surface area (Å²) in [6, 6.07) is 3.62. The second-order valence-electron chi connectivity index (χ2n) is 5.52. The van der Waals surface area contributed by atoms with E-state index in [0.717, 1.165) is 5.56 Å². The van der Waals surface area contributed by atoms with Crippen molar-refractivity contribution in [2.24, 2.45) is 0 Å². The number of halogens is 1. The summed E-state index contributed by atoms with van der Waals surface area (Å²) in [4.78, 5) is 12.5. The van der Waals surface area contributed by atoms with Gasteiger partial charge in [0.1, 0.15) is 5.75 Å². The van der Waals surface area contributed by atoms with Gasteiger partial charge in [-0.15, -0.1) is 0 Å². The number of ketones is 1. The lowest BCUT2D eigenvalue weighted by Gasteiger charge is -2.20.